The van der Waals surface area contributed by atoms with Crippen LogP contribution >= 0.6 is 11.3 Å². The predicted molar refractivity (Wildman–Crippen MR) is 85.3 cm³/mol. The minimum atomic E-state index is -0.232. The molecule has 1 atom stereocenters. The summed E-state index contributed by atoms with van der Waals surface area (Å²) >= 11 is 1.69. The average molecular weight is 316 g/mol. The Morgan fingerprint density at radius 2 is 2.32 bits per heavy atom. The molecule has 0 spiro atoms. The molecule has 22 heavy (non-hydrogen) atoms. The molecule has 3 aromatic rings. The maximum atomic E-state index is 13.3. The number of thiazole rings is 1. The molecule has 0 amide bonds. The molecule has 1 aromatic carbocycles. The van der Waals surface area contributed by atoms with Crippen LogP contribution in [0.5, 0.6) is 0 Å². The van der Waals surface area contributed by atoms with E-state index in [1.807, 2.05) is 6.92 Å². The third kappa shape index (κ3) is 2.53. The van der Waals surface area contributed by atoms with Crippen LogP contribution in [-0.4, -0.2) is 26.4 Å². The van der Waals surface area contributed by atoms with Gasteiger partial charge in [-0.15, -0.1) is 11.3 Å². The number of aryl methyl sites for hydroxylation is 1. The lowest BCUT2D eigenvalue weighted by atomic mass is 10.2. The van der Waals surface area contributed by atoms with Gasteiger partial charge in [0.2, 0.25) is 0 Å². The van der Waals surface area contributed by atoms with Gasteiger partial charge in [0.1, 0.15) is 11.6 Å². The van der Waals surface area contributed by atoms with Crippen LogP contribution in [0, 0.1) is 12.7 Å². The largest absolute Gasteiger partial charge is 0.341 e. The minimum Gasteiger partial charge on any atom is -0.341 e. The van der Waals surface area contributed by atoms with Gasteiger partial charge in [-0.25, -0.2) is 14.4 Å². The molecule has 1 fully saturated rings. The molecule has 0 radical (unpaired) electrons. The van der Waals surface area contributed by atoms with Crippen molar-refractivity contribution in [1.29, 1.82) is 0 Å². The van der Waals surface area contributed by atoms with Crippen molar-refractivity contribution in [2.75, 3.05) is 6.54 Å². The molecule has 2 aromatic heterocycles. The van der Waals surface area contributed by atoms with Crippen molar-refractivity contribution in [3.05, 3.63) is 45.9 Å². The Balaban J connectivity index is 1.61. The molecule has 1 aliphatic rings. The molecule has 1 saturated heterocycles. The van der Waals surface area contributed by atoms with E-state index in [0.717, 1.165) is 53.5 Å². The first-order chi connectivity index (χ1) is 10.7. The number of nitrogens with one attached hydrogen (secondary N) is 1. The maximum absolute atomic E-state index is 13.3. The number of imidazole rings is 1. The zero-order valence-electron chi connectivity index (χ0n) is 12.3. The number of fused-ring (bicyclic) bond motifs is 1. The van der Waals surface area contributed by atoms with Gasteiger partial charge in [-0.1, -0.05) is 0 Å². The van der Waals surface area contributed by atoms with Gasteiger partial charge < -0.3 is 4.98 Å². The highest BCUT2D eigenvalue weighted by atomic mass is 32.1. The van der Waals surface area contributed by atoms with Crippen molar-refractivity contribution >= 4 is 22.4 Å². The molecule has 0 aliphatic carbocycles. The molecule has 0 unspecified atom stereocenters. The average Bonchev–Trinajstić information content (AvgIpc) is 3.18. The van der Waals surface area contributed by atoms with Crippen molar-refractivity contribution in [3.63, 3.8) is 0 Å². The van der Waals surface area contributed by atoms with Crippen molar-refractivity contribution in [2.45, 2.75) is 32.4 Å². The van der Waals surface area contributed by atoms with E-state index in [2.05, 4.69) is 25.2 Å². The number of aromatic amines is 1. The molecule has 6 heteroatoms. The highest BCUT2D eigenvalue weighted by Crippen LogP contribution is 2.32. The number of H-pyrrole nitrogens is 1. The molecule has 4 rings (SSSR count). The van der Waals surface area contributed by atoms with E-state index in [4.69, 9.17) is 0 Å². The number of likely N-dealkylation sites (tertiary alicyclic amines) is 1. The van der Waals surface area contributed by atoms with Crippen LogP contribution in [0.4, 0.5) is 4.39 Å². The summed E-state index contributed by atoms with van der Waals surface area (Å²) in [4.78, 5) is 14.9. The Hall–Kier alpha value is -1.79. The van der Waals surface area contributed by atoms with Crippen molar-refractivity contribution < 1.29 is 4.39 Å². The molecule has 3 heterocycles. The lowest BCUT2D eigenvalue weighted by Gasteiger charge is -2.21. The van der Waals surface area contributed by atoms with Gasteiger partial charge in [-0.2, -0.15) is 0 Å². The van der Waals surface area contributed by atoms with E-state index in [0.29, 0.717) is 0 Å². The number of hydrogen-bond donors (Lipinski definition) is 1. The Morgan fingerprint density at radius 1 is 1.41 bits per heavy atom. The zero-order chi connectivity index (χ0) is 15.1. The van der Waals surface area contributed by atoms with Crippen LogP contribution in [0.1, 0.15) is 35.4 Å². The predicted octanol–water partition coefficient (Wildman–Crippen LogP) is 3.80. The van der Waals surface area contributed by atoms with Crippen molar-refractivity contribution in [3.8, 4) is 0 Å². The summed E-state index contributed by atoms with van der Waals surface area (Å²) in [5.41, 5.74) is 2.72. The number of halogens is 1. The quantitative estimate of drug-likeness (QED) is 0.799. The fraction of sp³-hybridized carbons (Fsp3) is 0.375. The molecule has 0 bridgehead atoms. The highest BCUT2D eigenvalue weighted by molar-refractivity contribution is 7.09. The Morgan fingerprint density at radius 3 is 3.14 bits per heavy atom. The zero-order valence-corrected chi connectivity index (χ0v) is 13.2. The Bertz CT molecular complexity index is 809. The summed E-state index contributed by atoms with van der Waals surface area (Å²) in [5.74, 6) is 0.703. The van der Waals surface area contributed by atoms with Gasteiger partial charge in [-0.05, 0) is 44.5 Å². The summed E-state index contributed by atoms with van der Waals surface area (Å²) in [6.07, 6.45) is 2.23. The third-order valence-corrected chi connectivity index (χ3v) is 5.00. The molecule has 114 valence electrons. The van der Waals surface area contributed by atoms with Crippen LogP contribution in [-0.2, 0) is 6.54 Å². The summed E-state index contributed by atoms with van der Waals surface area (Å²) in [7, 11) is 0. The first-order valence-corrected chi connectivity index (χ1v) is 8.37. The first kappa shape index (κ1) is 13.8. The number of aromatic nitrogens is 3. The minimum absolute atomic E-state index is 0.232. The van der Waals surface area contributed by atoms with E-state index >= 15 is 0 Å². The van der Waals surface area contributed by atoms with E-state index in [1.54, 1.807) is 17.4 Å². The van der Waals surface area contributed by atoms with Gasteiger partial charge in [0.25, 0.3) is 0 Å². The van der Waals surface area contributed by atoms with Crippen LogP contribution < -0.4 is 0 Å². The topological polar surface area (TPSA) is 44.8 Å². The van der Waals surface area contributed by atoms with Gasteiger partial charge in [-0.3, -0.25) is 4.90 Å². The fourth-order valence-electron chi connectivity index (χ4n) is 3.17. The molecule has 1 N–H and O–H groups in total. The SMILES string of the molecule is Cc1nc(CN2CCC[C@@H]2c2nc3ccc(F)cc3[nH]2)cs1. The fourth-order valence-corrected chi connectivity index (χ4v) is 3.78. The normalized spacial score (nSPS) is 19.3. The Labute approximate surface area is 132 Å². The number of rotatable bonds is 3. The molecule has 1 aliphatic heterocycles. The molecular formula is C16H17FN4S. The standard InChI is InChI=1S/C16H17FN4S/c1-10-18-12(9-22-10)8-21-6-2-3-15(21)16-19-13-5-4-11(17)7-14(13)20-16/h4-5,7,9,15H,2-3,6,8H2,1H3,(H,19,20)/t15-/m1/s1. The van der Waals surface area contributed by atoms with Crippen molar-refractivity contribution in [1.82, 2.24) is 19.9 Å². The number of benzene rings is 1. The molecular weight excluding hydrogens is 299 g/mol. The van der Waals surface area contributed by atoms with Crippen LogP contribution in [0.15, 0.2) is 23.6 Å². The van der Waals surface area contributed by atoms with E-state index < -0.39 is 0 Å². The number of nitrogens with zero attached hydrogens (tertiary/aromatic N) is 3. The monoisotopic (exact) mass is 316 g/mol. The molecule has 0 saturated carbocycles. The second kappa shape index (κ2) is 5.44. The maximum Gasteiger partial charge on any atom is 0.125 e. The van der Waals surface area contributed by atoms with Crippen LogP contribution in [0.2, 0.25) is 0 Å². The Kier molecular flexibility index (Phi) is 3.43. The van der Waals surface area contributed by atoms with Crippen LogP contribution in [0.3, 0.4) is 0 Å². The summed E-state index contributed by atoms with van der Waals surface area (Å²) in [5, 5.41) is 3.23. The van der Waals surface area contributed by atoms with Crippen molar-refractivity contribution in [2.24, 2.45) is 0 Å². The van der Waals surface area contributed by atoms with Gasteiger partial charge in [0.05, 0.1) is 27.8 Å². The van der Waals surface area contributed by atoms with E-state index in [-0.39, 0.29) is 11.9 Å². The number of hydrogen-bond acceptors (Lipinski definition) is 4. The first-order valence-electron chi connectivity index (χ1n) is 7.49. The molecule has 4 nitrogen and oxygen atoms in total. The lowest BCUT2D eigenvalue weighted by Crippen LogP contribution is -2.23. The third-order valence-electron chi connectivity index (χ3n) is 4.17. The summed E-state index contributed by atoms with van der Waals surface area (Å²) in [6, 6.07) is 4.96. The van der Waals surface area contributed by atoms with Gasteiger partial charge in [0, 0.05) is 11.9 Å². The van der Waals surface area contributed by atoms with Gasteiger partial charge >= 0.3 is 0 Å². The second-order valence-corrected chi connectivity index (χ2v) is 6.83. The highest BCUT2D eigenvalue weighted by Gasteiger charge is 2.29. The van der Waals surface area contributed by atoms with E-state index in [1.165, 1.54) is 12.1 Å². The second-order valence-electron chi connectivity index (χ2n) is 5.77. The van der Waals surface area contributed by atoms with Crippen LogP contribution in [0.25, 0.3) is 11.0 Å². The lowest BCUT2D eigenvalue weighted by molar-refractivity contribution is 0.238. The summed E-state index contributed by atoms with van der Waals surface area (Å²) in [6.45, 7) is 3.93. The van der Waals surface area contributed by atoms with E-state index in [9.17, 15) is 4.39 Å². The summed E-state index contributed by atoms with van der Waals surface area (Å²) < 4.78 is 13.3. The van der Waals surface area contributed by atoms with Gasteiger partial charge in [0.15, 0.2) is 0 Å². The smallest absolute Gasteiger partial charge is 0.125 e.